The van der Waals surface area contributed by atoms with Crippen LogP contribution in [0.1, 0.15) is 33.6 Å². The highest BCUT2D eigenvalue weighted by Gasteiger charge is 2.27. The lowest BCUT2D eigenvalue weighted by Crippen LogP contribution is -2.17. The van der Waals surface area contributed by atoms with E-state index in [1.165, 1.54) is 12.8 Å². The van der Waals surface area contributed by atoms with Gasteiger partial charge in [0.25, 0.3) is 0 Å². The summed E-state index contributed by atoms with van der Waals surface area (Å²) in [5.74, 6) is 2.16. The van der Waals surface area contributed by atoms with Crippen LogP contribution in [0.15, 0.2) is 0 Å². The van der Waals surface area contributed by atoms with Crippen LogP contribution in [-0.2, 0) is 0 Å². The van der Waals surface area contributed by atoms with Gasteiger partial charge in [0.15, 0.2) is 0 Å². The smallest absolute Gasteiger partial charge is 0.323 e. The summed E-state index contributed by atoms with van der Waals surface area (Å²) in [5, 5.41) is 3.20. The summed E-state index contributed by atoms with van der Waals surface area (Å²) in [6, 6.07) is 0.277. The van der Waals surface area contributed by atoms with Gasteiger partial charge in [-0.1, -0.05) is 6.92 Å². The Bertz CT molecular complexity index is 405. The highest BCUT2D eigenvalue weighted by molar-refractivity contribution is 5.32. The average Bonchev–Trinajstić information content (AvgIpc) is 3.07. The highest BCUT2D eigenvalue weighted by atomic mass is 16.5. The summed E-state index contributed by atoms with van der Waals surface area (Å²) >= 11 is 0. The van der Waals surface area contributed by atoms with Gasteiger partial charge in [-0.15, -0.1) is 0 Å². The van der Waals surface area contributed by atoms with E-state index in [1.54, 1.807) is 0 Å². The van der Waals surface area contributed by atoms with Crippen molar-refractivity contribution in [2.45, 2.75) is 39.7 Å². The summed E-state index contributed by atoms with van der Waals surface area (Å²) in [7, 11) is 0. The molecule has 1 heterocycles. The quantitative estimate of drug-likeness (QED) is 0.800. The van der Waals surface area contributed by atoms with E-state index >= 15 is 0 Å². The van der Waals surface area contributed by atoms with Crippen molar-refractivity contribution < 1.29 is 4.74 Å². The average molecular weight is 251 g/mol. The molecule has 0 bridgehead atoms. The van der Waals surface area contributed by atoms with E-state index in [9.17, 15) is 0 Å². The second kappa shape index (κ2) is 5.37. The number of nitrogens with two attached hydrogens (primary N) is 1. The highest BCUT2D eigenvalue weighted by Crippen LogP contribution is 2.36. The van der Waals surface area contributed by atoms with Gasteiger partial charge in [0.1, 0.15) is 0 Å². The third kappa shape index (κ3) is 3.72. The topological polar surface area (TPSA) is 86.0 Å². The predicted octanol–water partition coefficient (Wildman–Crippen LogP) is 1.70. The SMILES string of the molecule is CC(C)Oc1nc(N)nc(NCC(C)C2CC2)n1. The summed E-state index contributed by atoms with van der Waals surface area (Å²) < 4.78 is 5.42. The van der Waals surface area contributed by atoms with Gasteiger partial charge in [0.05, 0.1) is 6.10 Å². The Morgan fingerprint density at radius 1 is 1.28 bits per heavy atom. The second-order valence-electron chi connectivity index (χ2n) is 5.16. The van der Waals surface area contributed by atoms with Gasteiger partial charge in [0, 0.05) is 6.54 Å². The molecular formula is C12H21N5O. The molecule has 6 heteroatoms. The first-order chi connectivity index (χ1) is 8.54. The number of hydrogen-bond donors (Lipinski definition) is 2. The van der Waals surface area contributed by atoms with Gasteiger partial charge in [-0.05, 0) is 38.5 Å². The zero-order valence-electron chi connectivity index (χ0n) is 11.2. The minimum absolute atomic E-state index is 0.0186. The molecule has 1 aliphatic rings. The first-order valence-corrected chi connectivity index (χ1v) is 6.46. The molecule has 0 aliphatic heterocycles. The lowest BCUT2D eigenvalue weighted by molar-refractivity contribution is 0.222. The Balaban J connectivity index is 1.95. The van der Waals surface area contributed by atoms with Crippen molar-refractivity contribution in [3.05, 3.63) is 0 Å². The van der Waals surface area contributed by atoms with Crippen molar-refractivity contribution in [3.63, 3.8) is 0 Å². The maximum atomic E-state index is 5.63. The standard InChI is InChI=1S/C12H21N5O/c1-7(2)18-12-16-10(13)15-11(17-12)14-6-8(3)9-4-5-9/h7-9H,4-6H2,1-3H3,(H3,13,14,15,16,17). The van der Waals surface area contributed by atoms with E-state index in [0.29, 0.717) is 11.9 Å². The van der Waals surface area contributed by atoms with E-state index in [-0.39, 0.29) is 18.1 Å². The number of nitrogens with zero attached hydrogens (tertiary/aromatic N) is 3. The molecule has 1 aromatic heterocycles. The first-order valence-electron chi connectivity index (χ1n) is 6.46. The van der Waals surface area contributed by atoms with Gasteiger partial charge in [-0.2, -0.15) is 15.0 Å². The van der Waals surface area contributed by atoms with Crippen molar-refractivity contribution >= 4 is 11.9 Å². The molecule has 3 N–H and O–H groups in total. The van der Waals surface area contributed by atoms with Crippen molar-refractivity contribution in [2.75, 3.05) is 17.6 Å². The molecule has 1 unspecified atom stereocenters. The number of nitrogen functional groups attached to an aromatic ring is 1. The third-order valence-corrected chi connectivity index (χ3v) is 2.98. The van der Waals surface area contributed by atoms with Crippen LogP contribution in [0.4, 0.5) is 11.9 Å². The fraction of sp³-hybridized carbons (Fsp3) is 0.750. The van der Waals surface area contributed by atoms with Crippen LogP contribution in [0.25, 0.3) is 0 Å². The summed E-state index contributed by atoms with van der Waals surface area (Å²) in [6.07, 6.45) is 2.69. The maximum absolute atomic E-state index is 5.63. The Morgan fingerprint density at radius 2 is 2.00 bits per heavy atom. The number of rotatable bonds is 6. The summed E-state index contributed by atoms with van der Waals surface area (Å²) in [4.78, 5) is 12.2. The van der Waals surface area contributed by atoms with Crippen LogP contribution in [0.2, 0.25) is 0 Å². The lowest BCUT2D eigenvalue weighted by atomic mass is 10.1. The van der Waals surface area contributed by atoms with Gasteiger partial charge < -0.3 is 15.8 Å². The minimum atomic E-state index is 0.0186. The minimum Gasteiger partial charge on any atom is -0.461 e. The Morgan fingerprint density at radius 3 is 2.61 bits per heavy atom. The second-order valence-corrected chi connectivity index (χ2v) is 5.16. The zero-order valence-corrected chi connectivity index (χ0v) is 11.2. The predicted molar refractivity (Wildman–Crippen MR) is 70.4 cm³/mol. The molecule has 0 aromatic carbocycles. The molecule has 1 saturated carbocycles. The normalized spacial score (nSPS) is 16.7. The molecule has 0 radical (unpaired) electrons. The molecule has 6 nitrogen and oxygen atoms in total. The van der Waals surface area contributed by atoms with E-state index in [1.807, 2.05) is 13.8 Å². The molecule has 0 saturated heterocycles. The van der Waals surface area contributed by atoms with Crippen molar-refractivity contribution in [1.82, 2.24) is 15.0 Å². The summed E-state index contributed by atoms with van der Waals surface area (Å²) in [5.41, 5.74) is 5.63. The van der Waals surface area contributed by atoms with Gasteiger partial charge in [-0.25, -0.2) is 0 Å². The van der Waals surface area contributed by atoms with Crippen LogP contribution in [0.5, 0.6) is 6.01 Å². The van der Waals surface area contributed by atoms with E-state index in [0.717, 1.165) is 12.5 Å². The maximum Gasteiger partial charge on any atom is 0.323 e. The molecule has 1 fully saturated rings. The van der Waals surface area contributed by atoms with Crippen molar-refractivity contribution in [3.8, 4) is 6.01 Å². The molecule has 0 amide bonds. The molecule has 1 aromatic rings. The van der Waals surface area contributed by atoms with Gasteiger partial charge in [-0.3, -0.25) is 0 Å². The van der Waals surface area contributed by atoms with E-state index < -0.39 is 0 Å². The molecule has 100 valence electrons. The van der Waals surface area contributed by atoms with Crippen LogP contribution in [-0.4, -0.2) is 27.6 Å². The van der Waals surface area contributed by atoms with Gasteiger partial charge in [0.2, 0.25) is 11.9 Å². The van der Waals surface area contributed by atoms with E-state index in [4.69, 9.17) is 10.5 Å². The fourth-order valence-corrected chi connectivity index (χ4v) is 1.80. The van der Waals surface area contributed by atoms with Gasteiger partial charge >= 0.3 is 6.01 Å². The number of ether oxygens (including phenoxy) is 1. The van der Waals surface area contributed by atoms with Crippen LogP contribution >= 0.6 is 0 Å². The molecule has 0 spiro atoms. The van der Waals surface area contributed by atoms with Crippen LogP contribution < -0.4 is 15.8 Å². The Kier molecular flexibility index (Phi) is 3.84. The molecule has 1 aliphatic carbocycles. The fourth-order valence-electron chi connectivity index (χ4n) is 1.80. The Hall–Kier alpha value is -1.59. The number of nitrogens with one attached hydrogen (secondary N) is 1. The number of anilines is 2. The zero-order chi connectivity index (χ0) is 13.1. The van der Waals surface area contributed by atoms with Crippen molar-refractivity contribution in [2.24, 2.45) is 11.8 Å². The molecule has 1 atom stereocenters. The molecule has 18 heavy (non-hydrogen) atoms. The molecule has 2 rings (SSSR count). The molecular weight excluding hydrogens is 230 g/mol. The monoisotopic (exact) mass is 251 g/mol. The lowest BCUT2D eigenvalue weighted by Gasteiger charge is -2.13. The number of aromatic nitrogens is 3. The third-order valence-electron chi connectivity index (χ3n) is 2.98. The van der Waals surface area contributed by atoms with Crippen molar-refractivity contribution in [1.29, 1.82) is 0 Å². The number of hydrogen-bond acceptors (Lipinski definition) is 6. The van der Waals surface area contributed by atoms with Crippen LogP contribution in [0, 0.1) is 11.8 Å². The Labute approximate surface area is 107 Å². The van der Waals surface area contributed by atoms with E-state index in [2.05, 4.69) is 27.2 Å². The largest absolute Gasteiger partial charge is 0.461 e. The first kappa shape index (κ1) is 12.9. The summed E-state index contributed by atoms with van der Waals surface area (Å²) in [6.45, 7) is 6.93. The van der Waals surface area contributed by atoms with Crippen LogP contribution in [0.3, 0.4) is 0 Å².